The first-order valence-corrected chi connectivity index (χ1v) is 11.5. The minimum Gasteiger partial charge on any atom is -0.495 e. The summed E-state index contributed by atoms with van der Waals surface area (Å²) in [6.07, 6.45) is 0.639. The van der Waals surface area contributed by atoms with E-state index in [2.05, 4.69) is 10.0 Å². The van der Waals surface area contributed by atoms with Crippen LogP contribution in [-0.2, 0) is 19.6 Å². The van der Waals surface area contributed by atoms with Crippen LogP contribution >= 0.6 is 9.24 Å². The first-order chi connectivity index (χ1) is 14.6. The first kappa shape index (κ1) is 23.2. The molecule has 3 rings (SSSR count). The van der Waals surface area contributed by atoms with Crippen LogP contribution in [0.25, 0.3) is 0 Å². The molecule has 11 heteroatoms. The molecule has 1 aliphatic heterocycles. The van der Waals surface area contributed by atoms with Gasteiger partial charge in [0, 0.05) is 31.4 Å². The number of sulfonamides is 1. The lowest BCUT2D eigenvalue weighted by molar-refractivity contribution is -0.119. The van der Waals surface area contributed by atoms with E-state index < -0.39 is 15.6 Å². The maximum Gasteiger partial charge on any atom is 0.265 e. The number of anilines is 2. The number of carbonyl (C=O) groups is 1. The second kappa shape index (κ2) is 9.38. The Labute approximate surface area is 182 Å². The summed E-state index contributed by atoms with van der Waals surface area (Å²) in [5, 5.41) is 2.75. The molecule has 1 aliphatic rings. The fraction of sp³-hybridized carbons (Fsp3) is 0.350. The Morgan fingerprint density at radius 2 is 2.03 bits per heavy atom. The van der Waals surface area contributed by atoms with Crippen LogP contribution in [0.2, 0.25) is 0 Å². The molecule has 1 saturated heterocycles. The lowest BCUT2D eigenvalue weighted by Crippen LogP contribution is -2.23. The number of amides is 1. The van der Waals surface area contributed by atoms with Gasteiger partial charge in [0.2, 0.25) is 5.91 Å². The Morgan fingerprint density at radius 1 is 1.26 bits per heavy atom. The third-order valence-corrected chi connectivity index (χ3v) is 5.96. The van der Waals surface area contributed by atoms with Crippen LogP contribution in [0.3, 0.4) is 0 Å². The molecule has 1 fully saturated rings. The molecule has 0 radical (unpaired) electrons. The highest BCUT2D eigenvalue weighted by molar-refractivity contribution is 7.92. The van der Waals surface area contributed by atoms with Gasteiger partial charge in [0.1, 0.15) is 16.4 Å². The second-order valence-electron chi connectivity index (χ2n) is 7.14. The monoisotopic (exact) mass is 470 g/mol. The number of halogens is 1. The highest BCUT2D eigenvalue weighted by Crippen LogP contribution is 2.31. The van der Waals surface area contributed by atoms with E-state index in [9.17, 15) is 17.6 Å². The number of carbonyl (C=O) groups excluding carboxylic acids is 1. The van der Waals surface area contributed by atoms with E-state index in [1.54, 1.807) is 0 Å². The number of alkyl halides is 1. The van der Waals surface area contributed by atoms with Crippen molar-refractivity contribution < 1.29 is 31.8 Å². The molecular weight excluding hydrogens is 446 g/mol. The van der Waals surface area contributed by atoms with Crippen LogP contribution in [0, 0.1) is 5.92 Å². The number of benzene rings is 2. The second-order valence-corrected chi connectivity index (χ2v) is 9.82. The predicted molar refractivity (Wildman–Crippen MR) is 118 cm³/mol. The number of nitrogens with one attached hydrogen (secondary N) is 2. The summed E-state index contributed by atoms with van der Waals surface area (Å²) in [6, 6.07) is 10.2. The molecular formula is C20H24FN2O6PS. The Morgan fingerprint density at radius 3 is 2.68 bits per heavy atom. The molecule has 2 aromatic rings. The predicted octanol–water partition coefficient (Wildman–Crippen LogP) is 3.37. The van der Waals surface area contributed by atoms with Gasteiger partial charge in [-0.05, 0) is 30.7 Å². The average Bonchev–Trinajstić information content (AvgIpc) is 3.21. The molecule has 2 N–H and O–H groups in total. The van der Waals surface area contributed by atoms with Gasteiger partial charge in [-0.2, -0.15) is 4.39 Å². The maximum atomic E-state index is 13.7. The van der Waals surface area contributed by atoms with E-state index in [0.29, 0.717) is 25.3 Å². The van der Waals surface area contributed by atoms with Gasteiger partial charge < -0.3 is 19.5 Å². The summed E-state index contributed by atoms with van der Waals surface area (Å²) in [7, 11) is -0.805. The first-order valence-electron chi connectivity index (χ1n) is 9.44. The fourth-order valence-corrected chi connectivity index (χ4v) is 4.35. The van der Waals surface area contributed by atoms with Gasteiger partial charge in [0.15, 0.2) is 0 Å². The summed E-state index contributed by atoms with van der Waals surface area (Å²) in [5.41, 5.74) is -1.40. The van der Waals surface area contributed by atoms with Crippen LogP contribution in [0.4, 0.5) is 15.8 Å². The Balaban J connectivity index is 1.79. The lowest BCUT2D eigenvalue weighted by Gasteiger charge is -2.18. The molecule has 8 nitrogen and oxygen atoms in total. The van der Waals surface area contributed by atoms with Crippen molar-refractivity contribution in [2.24, 2.45) is 5.92 Å². The van der Waals surface area contributed by atoms with Gasteiger partial charge in [-0.25, -0.2) is 8.42 Å². The van der Waals surface area contributed by atoms with Gasteiger partial charge in [-0.15, -0.1) is 0 Å². The van der Waals surface area contributed by atoms with Crippen molar-refractivity contribution in [3.8, 4) is 11.5 Å². The summed E-state index contributed by atoms with van der Waals surface area (Å²) in [6.45, 7) is 2.11. The van der Waals surface area contributed by atoms with Crippen molar-refractivity contribution in [1.82, 2.24) is 0 Å². The molecule has 0 aromatic heterocycles. The van der Waals surface area contributed by atoms with Crippen LogP contribution < -0.4 is 19.5 Å². The van der Waals surface area contributed by atoms with Crippen molar-refractivity contribution in [2.75, 3.05) is 30.4 Å². The third kappa shape index (κ3) is 6.29. The molecule has 0 aliphatic carbocycles. The zero-order valence-corrected chi connectivity index (χ0v) is 19.0. The minimum absolute atomic E-state index is 0.0571. The molecule has 31 heavy (non-hydrogen) atoms. The summed E-state index contributed by atoms with van der Waals surface area (Å²) >= 11 is 0. The zero-order valence-electron chi connectivity index (χ0n) is 17.1. The van der Waals surface area contributed by atoms with Gasteiger partial charge in [-0.1, -0.05) is 15.3 Å². The van der Waals surface area contributed by atoms with Gasteiger partial charge in [0.25, 0.3) is 15.6 Å². The quantitative estimate of drug-likeness (QED) is 0.574. The Kier molecular flexibility index (Phi) is 7.03. The van der Waals surface area contributed by atoms with Crippen LogP contribution in [-0.4, -0.2) is 40.2 Å². The fourth-order valence-electron chi connectivity index (χ4n) is 3.02. The van der Waals surface area contributed by atoms with Crippen molar-refractivity contribution in [2.45, 2.75) is 23.8 Å². The van der Waals surface area contributed by atoms with Crippen molar-refractivity contribution in [1.29, 1.82) is 0 Å². The van der Waals surface area contributed by atoms with Gasteiger partial charge in [0.05, 0.1) is 25.3 Å². The Bertz CT molecular complexity index is 1050. The normalized spacial score (nSPS) is 18.1. The topological polar surface area (TPSA) is 103 Å². The summed E-state index contributed by atoms with van der Waals surface area (Å²) in [5.74, 6) is -0.222. The molecule has 2 aromatic carbocycles. The van der Waals surface area contributed by atoms with Gasteiger partial charge in [-0.3, -0.25) is 9.52 Å². The minimum atomic E-state index is -4.04. The molecule has 3 atom stereocenters. The number of rotatable bonds is 8. The van der Waals surface area contributed by atoms with Crippen LogP contribution in [0.5, 0.6) is 11.5 Å². The molecule has 3 unspecified atom stereocenters. The largest absolute Gasteiger partial charge is 0.495 e. The van der Waals surface area contributed by atoms with E-state index in [-0.39, 0.29) is 33.9 Å². The molecule has 168 valence electrons. The standard InChI is InChI=1S/C20H24FN2O6PS/c1-20(21,30)29-16-5-3-4-15(10-16)23-31(25,26)18-7-6-14(11-17(18)27-2)22-19(24)13-8-9-28-12-13/h3-7,10-11,13,23H,8-9,12,30H2,1-2H3,(H,22,24). The maximum absolute atomic E-state index is 13.7. The third-order valence-electron chi connectivity index (χ3n) is 4.42. The summed E-state index contributed by atoms with van der Waals surface area (Å²) < 4.78 is 57.5. The average molecular weight is 470 g/mol. The van der Waals surface area contributed by atoms with Crippen molar-refractivity contribution in [3.63, 3.8) is 0 Å². The Hall–Kier alpha value is -2.42. The highest BCUT2D eigenvalue weighted by atomic mass is 32.2. The molecule has 1 heterocycles. The lowest BCUT2D eigenvalue weighted by atomic mass is 10.1. The summed E-state index contributed by atoms with van der Waals surface area (Å²) in [4.78, 5) is 12.1. The van der Waals surface area contributed by atoms with Crippen LogP contribution in [0.1, 0.15) is 13.3 Å². The molecule has 0 saturated carbocycles. The smallest absolute Gasteiger partial charge is 0.265 e. The number of hydrogen-bond donors (Lipinski definition) is 2. The zero-order chi connectivity index (χ0) is 22.6. The SMILES string of the molecule is COc1cc(NC(=O)C2CCOC2)ccc1S(=O)(=O)Nc1cccc(OC(C)(F)P)c1. The van der Waals surface area contributed by atoms with Crippen molar-refractivity contribution >= 4 is 36.5 Å². The van der Waals surface area contributed by atoms with E-state index in [1.807, 2.05) is 9.24 Å². The van der Waals surface area contributed by atoms with E-state index in [4.69, 9.17) is 14.2 Å². The van der Waals surface area contributed by atoms with Crippen molar-refractivity contribution in [3.05, 3.63) is 42.5 Å². The van der Waals surface area contributed by atoms with Crippen LogP contribution in [0.15, 0.2) is 47.4 Å². The number of hydrogen-bond acceptors (Lipinski definition) is 6. The highest BCUT2D eigenvalue weighted by Gasteiger charge is 2.25. The van der Waals surface area contributed by atoms with E-state index in [0.717, 1.165) is 0 Å². The molecule has 0 bridgehead atoms. The van der Waals surface area contributed by atoms with E-state index in [1.165, 1.54) is 56.5 Å². The number of ether oxygens (including phenoxy) is 3. The molecule has 1 amide bonds. The number of methoxy groups -OCH3 is 1. The molecule has 0 spiro atoms. The van der Waals surface area contributed by atoms with E-state index >= 15 is 0 Å². The van der Waals surface area contributed by atoms with Gasteiger partial charge >= 0.3 is 0 Å².